The second-order valence-electron chi connectivity index (χ2n) is 8.19. The van der Waals surface area contributed by atoms with Gasteiger partial charge in [0.05, 0.1) is 0 Å². The molecule has 6 heteroatoms. The van der Waals surface area contributed by atoms with Crippen LogP contribution >= 0.6 is 0 Å². The van der Waals surface area contributed by atoms with Crippen molar-refractivity contribution in [3.63, 3.8) is 0 Å². The molecule has 1 aromatic carbocycles. The quantitative estimate of drug-likeness (QED) is 0.501. The molecule has 0 saturated carbocycles. The molecular formula is C22H33N3O3. The normalized spacial score (nSPS) is 20.4. The van der Waals surface area contributed by atoms with Crippen molar-refractivity contribution in [3.8, 4) is 0 Å². The van der Waals surface area contributed by atoms with Crippen molar-refractivity contribution in [1.82, 2.24) is 15.5 Å². The van der Waals surface area contributed by atoms with Crippen LogP contribution in [0.25, 0.3) is 0 Å². The van der Waals surface area contributed by atoms with Crippen LogP contribution in [-0.2, 0) is 15.1 Å². The molecule has 0 aromatic heterocycles. The van der Waals surface area contributed by atoms with Crippen LogP contribution in [0.4, 0.5) is 4.79 Å². The van der Waals surface area contributed by atoms with Crippen LogP contribution in [0.3, 0.4) is 0 Å². The predicted octanol–water partition coefficient (Wildman–Crippen LogP) is 3.66. The second-order valence-corrected chi connectivity index (χ2v) is 8.19. The summed E-state index contributed by atoms with van der Waals surface area (Å²) >= 11 is 0. The zero-order valence-corrected chi connectivity index (χ0v) is 17.7. The summed E-state index contributed by atoms with van der Waals surface area (Å²) in [5.74, 6) is -0.328. The first-order valence-corrected chi connectivity index (χ1v) is 10.2. The summed E-state index contributed by atoms with van der Waals surface area (Å²) in [6.45, 7) is 9.70. The largest absolute Gasteiger partial charge is 0.352 e. The lowest BCUT2D eigenvalue weighted by Gasteiger charge is -2.23. The van der Waals surface area contributed by atoms with Crippen LogP contribution in [0.5, 0.6) is 0 Å². The molecule has 0 spiro atoms. The van der Waals surface area contributed by atoms with E-state index in [2.05, 4.69) is 31.4 Å². The maximum Gasteiger partial charge on any atom is 0.325 e. The number of nitrogens with one attached hydrogen (secondary N) is 2. The van der Waals surface area contributed by atoms with E-state index in [0.29, 0.717) is 11.5 Å². The van der Waals surface area contributed by atoms with Crippen LogP contribution in [-0.4, -0.2) is 35.3 Å². The van der Waals surface area contributed by atoms with Gasteiger partial charge < -0.3 is 10.6 Å². The summed E-state index contributed by atoms with van der Waals surface area (Å²) in [4.78, 5) is 38.7. The third-order valence-electron chi connectivity index (χ3n) is 5.38. The van der Waals surface area contributed by atoms with Crippen LogP contribution in [0.15, 0.2) is 24.3 Å². The SMILES string of the molecule is CCCCCC(C)NC(=O)CN1C(=O)NC(C)(c2ccc(C(C)C)cc2)C1=O. The van der Waals surface area contributed by atoms with Crippen molar-refractivity contribution >= 4 is 17.8 Å². The average molecular weight is 388 g/mol. The Morgan fingerprint density at radius 1 is 1.14 bits per heavy atom. The van der Waals surface area contributed by atoms with Gasteiger partial charge in [0, 0.05) is 6.04 Å². The fraction of sp³-hybridized carbons (Fsp3) is 0.591. The highest BCUT2D eigenvalue weighted by molar-refractivity contribution is 6.09. The molecule has 2 rings (SSSR count). The lowest BCUT2D eigenvalue weighted by molar-refractivity contribution is -0.135. The number of rotatable bonds is 9. The van der Waals surface area contributed by atoms with Crippen LogP contribution in [0, 0.1) is 0 Å². The van der Waals surface area contributed by atoms with Crippen molar-refractivity contribution in [3.05, 3.63) is 35.4 Å². The maximum absolute atomic E-state index is 13.0. The molecule has 2 atom stereocenters. The summed E-state index contributed by atoms with van der Waals surface area (Å²) in [5.41, 5.74) is 0.725. The Balaban J connectivity index is 2.03. The minimum absolute atomic E-state index is 0.0229. The Kier molecular flexibility index (Phi) is 7.22. The van der Waals surface area contributed by atoms with Crippen molar-refractivity contribution in [2.24, 2.45) is 0 Å². The highest BCUT2D eigenvalue weighted by atomic mass is 16.2. The topological polar surface area (TPSA) is 78.5 Å². The molecule has 0 aliphatic carbocycles. The number of carbonyl (C=O) groups is 3. The maximum atomic E-state index is 13.0. The molecule has 1 aromatic rings. The zero-order chi connectivity index (χ0) is 20.9. The van der Waals surface area contributed by atoms with Gasteiger partial charge in [0.1, 0.15) is 12.1 Å². The summed E-state index contributed by atoms with van der Waals surface area (Å²) in [6.07, 6.45) is 4.19. The molecule has 1 heterocycles. The highest BCUT2D eigenvalue weighted by Gasteiger charge is 2.49. The molecular weight excluding hydrogens is 354 g/mol. The van der Waals surface area contributed by atoms with Crippen LogP contribution in [0.2, 0.25) is 0 Å². The number of hydrogen-bond acceptors (Lipinski definition) is 3. The average Bonchev–Trinajstić information content (AvgIpc) is 2.86. The fourth-order valence-corrected chi connectivity index (χ4v) is 3.47. The Labute approximate surface area is 168 Å². The molecule has 0 radical (unpaired) electrons. The number of imide groups is 1. The molecule has 1 fully saturated rings. The first kappa shape index (κ1) is 21.9. The number of nitrogens with zero attached hydrogens (tertiary/aromatic N) is 1. The molecule has 2 unspecified atom stereocenters. The third-order valence-corrected chi connectivity index (χ3v) is 5.38. The molecule has 6 nitrogen and oxygen atoms in total. The van der Waals surface area contributed by atoms with E-state index in [1.54, 1.807) is 6.92 Å². The molecule has 28 heavy (non-hydrogen) atoms. The van der Waals surface area contributed by atoms with Gasteiger partial charge in [-0.05, 0) is 37.3 Å². The molecule has 4 amide bonds. The van der Waals surface area contributed by atoms with Gasteiger partial charge in [0.25, 0.3) is 5.91 Å². The first-order chi connectivity index (χ1) is 13.2. The first-order valence-electron chi connectivity index (χ1n) is 10.2. The molecule has 0 bridgehead atoms. The number of carbonyl (C=O) groups excluding carboxylic acids is 3. The summed E-state index contributed by atoms with van der Waals surface area (Å²) in [6, 6.07) is 7.17. The number of benzene rings is 1. The van der Waals surface area contributed by atoms with Gasteiger partial charge in [-0.25, -0.2) is 4.79 Å². The number of unbranched alkanes of at least 4 members (excludes halogenated alkanes) is 2. The van der Waals surface area contributed by atoms with Crippen molar-refractivity contribution in [1.29, 1.82) is 0 Å². The van der Waals surface area contributed by atoms with Gasteiger partial charge in [0.2, 0.25) is 5.91 Å². The lowest BCUT2D eigenvalue weighted by atomic mass is 9.90. The molecule has 154 valence electrons. The van der Waals surface area contributed by atoms with Crippen molar-refractivity contribution in [2.45, 2.75) is 77.8 Å². The van der Waals surface area contributed by atoms with E-state index in [1.807, 2.05) is 31.2 Å². The molecule has 1 aliphatic heterocycles. The van der Waals surface area contributed by atoms with E-state index >= 15 is 0 Å². The summed E-state index contributed by atoms with van der Waals surface area (Å²) in [7, 11) is 0. The van der Waals surface area contributed by atoms with Crippen molar-refractivity contribution in [2.75, 3.05) is 6.54 Å². The third kappa shape index (κ3) is 4.91. The number of hydrogen-bond donors (Lipinski definition) is 2. The Morgan fingerprint density at radius 3 is 2.36 bits per heavy atom. The van der Waals surface area contributed by atoms with Gasteiger partial charge in [-0.15, -0.1) is 0 Å². The summed E-state index contributed by atoms with van der Waals surface area (Å²) in [5, 5.41) is 5.63. The van der Waals surface area contributed by atoms with Gasteiger partial charge in [-0.2, -0.15) is 0 Å². The zero-order valence-electron chi connectivity index (χ0n) is 17.7. The summed E-state index contributed by atoms with van der Waals surface area (Å²) < 4.78 is 0. The van der Waals surface area contributed by atoms with Crippen LogP contribution < -0.4 is 10.6 Å². The Morgan fingerprint density at radius 2 is 1.79 bits per heavy atom. The Bertz CT molecular complexity index is 714. The number of urea groups is 1. The van der Waals surface area contributed by atoms with E-state index < -0.39 is 17.5 Å². The minimum atomic E-state index is -1.15. The van der Waals surface area contributed by atoms with Gasteiger partial charge in [-0.3, -0.25) is 14.5 Å². The fourth-order valence-electron chi connectivity index (χ4n) is 3.47. The van der Waals surface area contributed by atoms with Crippen molar-refractivity contribution < 1.29 is 14.4 Å². The van der Waals surface area contributed by atoms with E-state index in [-0.39, 0.29) is 18.5 Å². The van der Waals surface area contributed by atoms with Gasteiger partial charge in [0.15, 0.2) is 0 Å². The van der Waals surface area contributed by atoms with E-state index in [0.717, 1.165) is 36.1 Å². The van der Waals surface area contributed by atoms with E-state index in [1.165, 1.54) is 0 Å². The molecule has 2 N–H and O–H groups in total. The predicted molar refractivity (Wildman–Crippen MR) is 110 cm³/mol. The van der Waals surface area contributed by atoms with E-state index in [9.17, 15) is 14.4 Å². The monoisotopic (exact) mass is 387 g/mol. The standard InChI is InChI=1S/C22H33N3O3/c1-6-7-8-9-16(4)23-19(26)14-25-20(27)22(5,24-21(25)28)18-12-10-17(11-13-18)15(2)3/h10-13,15-16H,6-9,14H2,1-5H3,(H,23,26)(H,24,28). The lowest BCUT2D eigenvalue weighted by Crippen LogP contribution is -2.45. The smallest absolute Gasteiger partial charge is 0.325 e. The molecule has 1 aliphatic rings. The minimum Gasteiger partial charge on any atom is -0.352 e. The van der Waals surface area contributed by atoms with Gasteiger partial charge in [-0.1, -0.05) is 64.3 Å². The second kappa shape index (κ2) is 9.22. The van der Waals surface area contributed by atoms with E-state index in [4.69, 9.17) is 0 Å². The van der Waals surface area contributed by atoms with Gasteiger partial charge >= 0.3 is 6.03 Å². The van der Waals surface area contributed by atoms with Crippen LogP contribution in [0.1, 0.15) is 77.3 Å². The number of amides is 4. The highest BCUT2D eigenvalue weighted by Crippen LogP contribution is 2.29. The Hall–Kier alpha value is -2.37. The molecule has 1 saturated heterocycles.